The first-order valence-electron chi connectivity index (χ1n) is 14.1. The second-order valence-electron chi connectivity index (χ2n) is 11.7. The first-order valence-corrected chi connectivity index (χ1v) is 14.1. The van der Waals surface area contributed by atoms with Gasteiger partial charge in [-0.15, -0.1) is 0 Å². The van der Waals surface area contributed by atoms with Crippen molar-refractivity contribution in [1.29, 1.82) is 0 Å². The third kappa shape index (κ3) is 7.33. The molecule has 7 nitrogen and oxygen atoms in total. The van der Waals surface area contributed by atoms with E-state index in [4.69, 9.17) is 0 Å². The zero-order valence-corrected chi connectivity index (χ0v) is 23.8. The van der Waals surface area contributed by atoms with Crippen molar-refractivity contribution in [2.24, 2.45) is 5.41 Å². The van der Waals surface area contributed by atoms with Gasteiger partial charge in [-0.1, -0.05) is 52.3 Å². The molecule has 4 N–H and O–H groups in total. The molecule has 0 saturated carbocycles. The molecule has 216 valence electrons. The molecule has 1 aliphatic carbocycles. The van der Waals surface area contributed by atoms with Gasteiger partial charge < -0.3 is 25.6 Å². The summed E-state index contributed by atoms with van der Waals surface area (Å²) in [6.45, 7) is 8.89. The molecule has 3 aromatic rings. The minimum Gasteiger partial charge on any atom is -0.395 e. The lowest BCUT2D eigenvalue weighted by Gasteiger charge is -2.30. The van der Waals surface area contributed by atoms with Crippen molar-refractivity contribution in [3.63, 3.8) is 0 Å². The standard InChI is InChI=1S/C31H41F2N5O2/c1-5-8-26(36-23-12-11-20-13-22(32)14-25(33)24(20)15-23)30(40)37-29-17-38(19-35-29)27-10-7-6-9-21(27)16-34-28(18-39)31(2,3)4/h6-7,9-10,13-14,17,19,23,26,28,34,36,39H,5,8,11-12,15-16,18H2,1-4H3,(H,37,40)/t23-,26-,28?/m0/s1. The van der Waals surface area contributed by atoms with Crippen LogP contribution in [-0.4, -0.2) is 45.3 Å². The van der Waals surface area contributed by atoms with Gasteiger partial charge in [-0.25, -0.2) is 13.8 Å². The Labute approximate surface area is 235 Å². The zero-order valence-electron chi connectivity index (χ0n) is 23.8. The van der Waals surface area contributed by atoms with E-state index >= 15 is 0 Å². The Morgan fingerprint density at radius 1 is 1.23 bits per heavy atom. The topological polar surface area (TPSA) is 91.2 Å². The summed E-state index contributed by atoms with van der Waals surface area (Å²) in [5.74, 6) is -0.828. The maximum Gasteiger partial charge on any atom is 0.242 e. The highest BCUT2D eigenvalue weighted by Crippen LogP contribution is 2.26. The van der Waals surface area contributed by atoms with E-state index in [1.54, 1.807) is 12.5 Å². The molecule has 1 aromatic heterocycles. The average molecular weight is 554 g/mol. The number of nitrogens with zero attached hydrogens (tertiary/aromatic N) is 2. The number of carbonyl (C=O) groups is 1. The van der Waals surface area contributed by atoms with Crippen LogP contribution in [0.3, 0.4) is 0 Å². The van der Waals surface area contributed by atoms with Crippen molar-refractivity contribution in [3.05, 3.63) is 77.2 Å². The Morgan fingerprint density at radius 2 is 2.00 bits per heavy atom. The molecular formula is C31H41F2N5O2. The Bertz CT molecular complexity index is 1300. The molecular weight excluding hydrogens is 512 g/mol. The second kappa shape index (κ2) is 13.0. The number of carbonyl (C=O) groups excluding carboxylic acids is 1. The summed E-state index contributed by atoms with van der Waals surface area (Å²) in [5, 5.41) is 19.6. The predicted octanol–water partition coefficient (Wildman–Crippen LogP) is 4.90. The van der Waals surface area contributed by atoms with Crippen LogP contribution in [-0.2, 0) is 24.2 Å². The lowest BCUT2D eigenvalue weighted by molar-refractivity contribution is -0.118. The number of aromatic nitrogens is 2. The van der Waals surface area contributed by atoms with Gasteiger partial charge in [0.2, 0.25) is 5.91 Å². The van der Waals surface area contributed by atoms with Crippen molar-refractivity contribution >= 4 is 11.7 Å². The molecule has 0 aliphatic heterocycles. The third-order valence-corrected chi connectivity index (χ3v) is 7.67. The number of halogens is 2. The van der Waals surface area contributed by atoms with Crippen LogP contribution < -0.4 is 16.0 Å². The first-order chi connectivity index (χ1) is 19.1. The quantitative estimate of drug-likeness (QED) is 0.271. The van der Waals surface area contributed by atoms with Gasteiger partial charge >= 0.3 is 0 Å². The number of aryl methyl sites for hydroxylation is 1. The Kier molecular flexibility index (Phi) is 9.71. The number of nitrogens with one attached hydrogen (secondary N) is 3. The number of aliphatic hydroxyl groups is 1. The maximum atomic E-state index is 14.4. The van der Waals surface area contributed by atoms with Crippen LogP contribution in [0, 0.1) is 17.0 Å². The smallest absolute Gasteiger partial charge is 0.242 e. The number of anilines is 1. The van der Waals surface area contributed by atoms with Crippen LogP contribution in [0.15, 0.2) is 48.9 Å². The summed E-state index contributed by atoms with van der Waals surface area (Å²) in [6.07, 6.45) is 6.56. The van der Waals surface area contributed by atoms with Crippen molar-refractivity contribution < 1.29 is 18.7 Å². The number of amides is 1. The van der Waals surface area contributed by atoms with Gasteiger partial charge in [0.25, 0.3) is 0 Å². The third-order valence-electron chi connectivity index (χ3n) is 7.67. The number of para-hydroxylation sites is 1. The number of rotatable bonds is 11. The highest BCUT2D eigenvalue weighted by molar-refractivity contribution is 5.94. The Balaban J connectivity index is 1.42. The van der Waals surface area contributed by atoms with Gasteiger partial charge in [0.1, 0.15) is 18.0 Å². The van der Waals surface area contributed by atoms with Crippen LogP contribution in [0.2, 0.25) is 0 Å². The predicted molar refractivity (Wildman–Crippen MR) is 153 cm³/mol. The zero-order chi connectivity index (χ0) is 28.9. The summed E-state index contributed by atoms with van der Waals surface area (Å²) >= 11 is 0. The van der Waals surface area contributed by atoms with E-state index in [1.807, 2.05) is 35.8 Å². The monoisotopic (exact) mass is 553 g/mol. The summed E-state index contributed by atoms with van der Waals surface area (Å²) in [5.41, 5.74) is 3.11. The number of imidazole rings is 1. The largest absolute Gasteiger partial charge is 0.395 e. The van der Waals surface area contributed by atoms with E-state index in [0.29, 0.717) is 49.2 Å². The van der Waals surface area contributed by atoms with E-state index in [-0.39, 0.29) is 30.0 Å². The highest BCUT2D eigenvalue weighted by atomic mass is 19.1. The van der Waals surface area contributed by atoms with Gasteiger partial charge in [-0.3, -0.25) is 4.79 Å². The molecule has 9 heteroatoms. The van der Waals surface area contributed by atoms with E-state index in [1.165, 1.54) is 6.07 Å². The minimum absolute atomic E-state index is 0.0424. The lowest BCUT2D eigenvalue weighted by Crippen LogP contribution is -2.48. The number of benzene rings is 2. The van der Waals surface area contributed by atoms with Gasteiger partial charge in [0, 0.05) is 24.7 Å². The Morgan fingerprint density at radius 3 is 2.73 bits per heavy atom. The van der Waals surface area contributed by atoms with Crippen molar-refractivity contribution in [2.75, 3.05) is 11.9 Å². The molecule has 0 radical (unpaired) electrons. The van der Waals surface area contributed by atoms with Gasteiger partial charge in [0.05, 0.1) is 24.5 Å². The summed E-state index contributed by atoms with van der Waals surface area (Å²) in [6, 6.07) is 9.67. The van der Waals surface area contributed by atoms with E-state index in [0.717, 1.165) is 23.7 Å². The van der Waals surface area contributed by atoms with Gasteiger partial charge in [0.15, 0.2) is 5.82 Å². The molecule has 4 rings (SSSR count). The molecule has 1 heterocycles. The highest BCUT2D eigenvalue weighted by Gasteiger charge is 2.27. The Hall–Kier alpha value is -3.14. The van der Waals surface area contributed by atoms with Crippen molar-refractivity contribution in [3.8, 4) is 5.69 Å². The average Bonchev–Trinajstić information content (AvgIpc) is 3.36. The molecule has 3 atom stereocenters. The molecule has 1 aliphatic rings. The summed E-state index contributed by atoms with van der Waals surface area (Å²) < 4.78 is 29.9. The molecule has 40 heavy (non-hydrogen) atoms. The molecule has 1 unspecified atom stereocenters. The normalized spacial score (nSPS) is 16.8. The van der Waals surface area contributed by atoms with Crippen molar-refractivity contribution in [1.82, 2.24) is 20.2 Å². The lowest BCUT2D eigenvalue weighted by atomic mass is 9.87. The number of aliphatic hydroxyl groups excluding tert-OH is 1. The SMILES string of the molecule is CCC[C@H](N[C@H]1CCc2cc(F)cc(F)c2C1)C(=O)Nc1cn(-c2ccccc2CNC(CO)C(C)(C)C)cn1. The molecule has 0 bridgehead atoms. The summed E-state index contributed by atoms with van der Waals surface area (Å²) in [4.78, 5) is 17.7. The van der Waals surface area contributed by atoms with Crippen LogP contribution in [0.5, 0.6) is 0 Å². The molecule has 2 aromatic carbocycles. The van der Waals surface area contributed by atoms with Gasteiger partial charge in [-0.05, 0) is 59.9 Å². The fraction of sp³-hybridized carbons (Fsp3) is 0.484. The minimum atomic E-state index is -0.552. The molecule has 0 saturated heterocycles. The van der Waals surface area contributed by atoms with Gasteiger partial charge in [-0.2, -0.15) is 0 Å². The van der Waals surface area contributed by atoms with Crippen LogP contribution in [0.25, 0.3) is 5.69 Å². The number of hydrogen-bond acceptors (Lipinski definition) is 5. The molecule has 0 fully saturated rings. The van der Waals surface area contributed by atoms with Crippen LogP contribution in [0.1, 0.15) is 63.6 Å². The number of fused-ring (bicyclic) bond motifs is 1. The first kappa shape index (κ1) is 29.8. The van der Waals surface area contributed by atoms with Crippen LogP contribution in [0.4, 0.5) is 14.6 Å². The fourth-order valence-corrected chi connectivity index (χ4v) is 5.31. The second-order valence-corrected chi connectivity index (χ2v) is 11.7. The van der Waals surface area contributed by atoms with Crippen molar-refractivity contribution in [2.45, 2.75) is 84.5 Å². The van der Waals surface area contributed by atoms with E-state index < -0.39 is 17.7 Å². The molecule has 0 spiro atoms. The maximum absolute atomic E-state index is 14.4. The fourth-order valence-electron chi connectivity index (χ4n) is 5.31. The molecule has 1 amide bonds. The van der Waals surface area contributed by atoms with E-state index in [9.17, 15) is 18.7 Å². The van der Waals surface area contributed by atoms with Crippen LogP contribution >= 0.6 is 0 Å². The van der Waals surface area contributed by atoms with E-state index in [2.05, 4.69) is 41.7 Å². The summed E-state index contributed by atoms with van der Waals surface area (Å²) in [7, 11) is 0. The number of hydrogen-bond donors (Lipinski definition) is 4.